The average molecular weight is 1120 g/mol. The molecule has 0 bridgehead atoms. The number of esters is 2. The Labute approximate surface area is 439 Å². The van der Waals surface area contributed by atoms with Crippen LogP contribution in [0, 0.1) is 0 Å². The van der Waals surface area contributed by atoms with E-state index >= 15 is 0 Å². The fourth-order valence-corrected chi connectivity index (χ4v) is 10.4. The van der Waals surface area contributed by atoms with Crippen LogP contribution in [0.3, 0.4) is 0 Å². The van der Waals surface area contributed by atoms with Gasteiger partial charge in [0, 0.05) is 50.3 Å². The number of nitrogen functional groups attached to an aromatic ring is 1. The molecular weight excluding hydrogens is 1060 g/mol. The molecule has 3 aliphatic rings. The second-order valence-corrected chi connectivity index (χ2v) is 19.8. The van der Waals surface area contributed by atoms with Crippen molar-refractivity contribution in [3.8, 4) is 0 Å². The number of aromatic nitrogens is 2. The molecule has 404 valence electrons. The number of thiazole rings is 2. The first-order valence-electron chi connectivity index (χ1n) is 21.9. The number of amides is 4. The second-order valence-electron chi connectivity index (χ2n) is 15.8. The Bertz CT molecular complexity index is 2570. The maximum atomic E-state index is 14.4. The lowest BCUT2D eigenvalue weighted by Crippen LogP contribution is -2.71. The first-order valence-corrected chi connectivity index (χ1v) is 25.8. The summed E-state index contributed by atoms with van der Waals surface area (Å²) in [5.41, 5.74) is 5.44. The van der Waals surface area contributed by atoms with Crippen molar-refractivity contribution in [1.82, 2.24) is 30.8 Å². The molecule has 6 N–H and O–H groups in total. The summed E-state index contributed by atoms with van der Waals surface area (Å²) in [7, 11) is 5.15. The van der Waals surface area contributed by atoms with E-state index in [0.29, 0.717) is 11.1 Å². The summed E-state index contributed by atoms with van der Waals surface area (Å²) in [6.45, 7) is 8.88. The maximum absolute atomic E-state index is 14.4. The smallest absolute Gasteiger partial charge is 0.431 e. The Kier molecular flexibility index (Phi) is 21.2. The fraction of sp³-hybridized carbons (Fsp3) is 0.524. The van der Waals surface area contributed by atoms with Crippen LogP contribution in [-0.4, -0.2) is 175 Å². The zero-order valence-electron chi connectivity index (χ0n) is 41.4. The number of hydrogen-bond acceptors (Lipinski definition) is 28. The average Bonchev–Trinajstić information content (AvgIpc) is 3.98. The van der Waals surface area contributed by atoms with Crippen LogP contribution < -0.4 is 27.0 Å². The molecular formula is C42H54N10O18S4. The molecule has 0 aliphatic carbocycles. The number of anilines is 2. The van der Waals surface area contributed by atoms with Gasteiger partial charge >= 0.3 is 24.2 Å². The molecule has 0 radical (unpaired) electrons. The molecule has 0 aromatic carbocycles. The van der Waals surface area contributed by atoms with Crippen molar-refractivity contribution >= 4 is 116 Å². The van der Waals surface area contributed by atoms with Gasteiger partial charge in [0.05, 0.1) is 25.4 Å². The van der Waals surface area contributed by atoms with Gasteiger partial charge in [-0.05, 0) is 38.8 Å². The predicted molar refractivity (Wildman–Crippen MR) is 265 cm³/mol. The topological polar surface area (TPSA) is 357 Å². The third kappa shape index (κ3) is 15.2. The highest BCUT2D eigenvalue weighted by molar-refractivity contribution is 8.00. The molecule has 1 fully saturated rings. The fourth-order valence-electron chi connectivity index (χ4n) is 6.66. The summed E-state index contributed by atoms with van der Waals surface area (Å²) in [4.78, 5) is 127. The third-order valence-corrected chi connectivity index (χ3v) is 13.6. The summed E-state index contributed by atoms with van der Waals surface area (Å²) in [5, 5.41) is 19.3. The summed E-state index contributed by atoms with van der Waals surface area (Å²) < 4.78 is 41.2. The zero-order chi connectivity index (χ0) is 54.4. The minimum atomic E-state index is -1.58. The van der Waals surface area contributed by atoms with E-state index in [2.05, 4.69) is 41.5 Å². The molecule has 28 nitrogen and oxygen atoms in total. The van der Waals surface area contributed by atoms with Crippen LogP contribution in [-0.2, 0) is 76.3 Å². The highest BCUT2D eigenvalue weighted by Gasteiger charge is 2.55. The van der Waals surface area contributed by atoms with Gasteiger partial charge in [0.15, 0.2) is 21.7 Å². The van der Waals surface area contributed by atoms with E-state index in [0.717, 1.165) is 46.4 Å². The summed E-state index contributed by atoms with van der Waals surface area (Å²) >= 11 is 4.18. The van der Waals surface area contributed by atoms with Gasteiger partial charge in [0.1, 0.15) is 59.8 Å². The highest BCUT2D eigenvalue weighted by atomic mass is 32.2. The Hall–Kier alpha value is -6.74. The van der Waals surface area contributed by atoms with Crippen LogP contribution >= 0.6 is 46.2 Å². The van der Waals surface area contributed by atoms with E-state index in [1.165, 1.54) is 57.7 Å². The number of nitrogens with zero attached hydrogens (tertiary/aromatic N) is 5. The second kappa shape index (κ2) is 27.0. The number of β-lactam (4-membered cyclic amide) rings is 1. The Morgan fingerprint density at radius 3 is 1.86 bits per heavy atom. The predicted octanol–water partition coefficient (Wildman–Crippen LogP) is 1.77. The Morgan fingerprint density at radius 2 is 1.30 bits per heavy atom. The Balaban J connectivity index is 1.35. The zero-order valence-corrected chi connectivity index (χ0v) is 44.7. The van der Waals surface area contributed by atoms with Gasteiger partial charge in [0.2, 0.25) is 12.6 Å². The van der Waals surface area contributed by atoms with Crippen molar-refractivity contribution in [2.45, 2.75) is 89.2 Å². The first kappa shape index (κ1) is 58.2. The number of oxime groups is 2. The number of ether oxygens (including phenoxy) is 8. The molecule has 0 saturated carbocycles. The highest BCUT2D eigenvalue weighted by Crippen LogP contribution is 2.41. The lowest BCUT2D eigenvalue weighted by molar-refractivity contribution is -0.169. The van der Waals surface area contributed by atoms with Crippen molar-refractivity contribution in [2.24, 2.45) is 10.3 Å². The standard InChI is InChI=1S/C42H54N10O18S4/c1-17(2)65-41(59)69-19(5)67-37(57)25-21(11-61-7)13-71-34(48-25)28(46-31(53)26(50-63-9)23-15-73-39(43)44-23)33(55)49-40-45-24(16-74-40)27(51-64-10)32(54)47-29-35(56)52-30(22(12-62-8)14-72-36(29)52)38(58)68-20(6)70-42(60)66-18(3)4/h15-20,28-29,34,36,48H,11-14H2,1-10H3,(H2,43,44)(H,46,53)(H,47,54)(H,45,49,55). The summed E-state index contributed by atoms with van der Waals surface area (Å²) in [6, 6.07) is -2.77. The van der Waals surface area contributed by atoms with E-state index in [4.69, 9.17) is 53.3 Å². The largest absolute Gasteiger partial charge is 0.511 e. The number of rotatable bonds is 23. The minimum Gasteiger partial charge on any atom is -0.431 e. The van der Waals surface area contributed by atoms with Gasteiger partial charge in [0.25, 0.3) is 23.6 Å². The Morgan fingerprint density at radius 1 is 0.743 bits per heavy atom. The monoisotopic (exact) mass is 1110 g/mol. The molecule has 74 heavy (non-hydrogen) atoms. The van der Waals surface area contributed by atoms with E-state index in [9.17, 15) is 38.4 Å². The van der Waals surface area contributed by atoms with Gasteiger partial charge in [-0.2, -0.15) is 0 Å². The van der Waals surface area contributed by atoms with Crippen LogP contribution in [0.1, 0.15) is 52.9 Å². The lowest BCUT2D eigenvalue weighted by Gasteiger charge is -2.49. The SMILES string of the molecule is COCC1=C(C(=O)OC(C)OC(=O)OC(C)C)NC(C(NC(=O)C(=NOC)c2csc(N)n2)C(=O)Nc2nc(C(=NOC)C(=O)NC3C(=O)N4C(C(=O)OC(C)OC(=O)OC(C)C)=C(COC)CSC34)cs2)SC1. The van der Waals surface area contributed by atoms with Crippen molar-refractivity contribution in [3.63, 3.8) is 0 Å². The summed E-state index contributed by atoms with van der Waals surface area (Å²) in [5.74, 6) is -5.20. The quantitative estimate of drug-likeness (QED) is 0.0264. The van der Waals surface area contributed by atoms with Gasteiger partial charge in [-0.3, -0.25) is 24.1 Å². The third-order valence-electron chi connectivity index (χ3n) is 9.59. The molecule has 6 atom stereocenters. The lowest BCUT2D eigenvalue weighted by atomic mass is 10.0. The number of carbonyl (C=O) groups excluding carboxylic acids is 8. The number of carbonyl (C=O) groups is 8. The number of fused-ring (bicyclic) bond motifs is 1. The van der Waals surface area contributed by atoms with Crippen LogP contribution in [0.2, 0.25) is 0 Å². The summed E-state index contributed by atoms with van der Waals surface area (Å²) in [6.07, 6.45) is -5.99. The van der Waals surface area contributed by atoms with Crippen molar-refractivity contribution in [1.29, 1.82) is 0 Å². The van der Waals surface area contributed by atoms with E-state index < -0.39 is 101 Å². The molecule has 2 aromatic rings. The molecule has 6 unspecified atom stereocenters. The molecule has 2 aromatic heterocycles. The minimum absolute atomic E-state index is 0.0236. The van der Waals surface area contributed by atoms with E-state index in [1.54, 1.807) is 27.7 Å². The van der Waals surface area contributed by atoms with E-state index in [1.807, 2.05) is 0 Å². The number of hydrogen-bond donors (Lipinski definition) is 5. The number of thioether (sulfide) groups is 2. The van der Waals surface area contributed by atoms with Crippen LogP contribution in [0.5, 0.6) is 0 Å². The number of nitrogens with one attached hydrogen (secondary N) is 4. The molecule has 5 heterocycles. The van der Waals surface area contributed by atoms with Gasteiger partial charge < -0.3 is 74.6 Å². The maximum Gasteiger partial charge on any atom is 0.511 e. The van der Waals surface area contributed by atoms with Gasteiger partial charge in [-0.1, -0.05) is 10.3 Å². The van der Waals surface area contributed by atoms with Crippen molar-refractivity contribution in [2.75, 3.05) is 64.2 Å². The normalized spacial score (nSPS) is 18.9. The molecule has 32 heteroatoms. The van der Waals surface area contributed by atoms with Crippen LogP contribution in [0.25, 0.3) is 0 Å². The molecule has 4 amide bonds. The molecule has 3 aliphatic heterocycles. The number of methoxy groups -OCH3 is 2. The molecule has 1 saturated heterocycles. The number of nitrogens with two attached hydrogens (primary N) is 1. The van der Waals surface area contributed by atoms with Crippen LogP contribution in [0.4, 0.5) is 19.9 Å². The van der Waals surface area contributed by atoms with E-state index in [-0.39, 0.29) is 63.5 Å². The molecule has 5 rings (SSSR count). The van der Waals surface area contributed by atoms with Crippen molar-refractivity contribution < 1.29 is 85.9 Å². The van der Waals surface area contributed by atoms with Crippen LogP contribution in [0.15, 0.2) is 43.6 Å². The van der Waals surface area contributed by atoms with Gasteiger partial charge in [-0.15, -0.1) is 46.2 Å². The van der Waals surface area contributed by atoms with Crippen molar-refractivity contribution in [3.05, 3.63) is 44.7 Å². The van der Waals surface area contributed by atoms with Gasteiger partial charge in [-0.25, -0.2) is 29.1 Å². The molecule has 0 spiro atoms. The first-order chi connectivity index (χ1) is 35.2.